The van der Waals surface area contributed by atoms with Crippen molar-refractivity contribution in [1.82, 2.24) is 9.38 Å². The van der Waals surface area contributed by atoms with Gasteiger partial charge < -0.3 is 5.73 Å². The molecule has 5 heteroatoms. The van der Waals surface area contributed by atoms with Crippen LogP contribution in [0.4, 0.5) is 4.39 Å². The summed E-state index contributed by atoms with van der Waals surface area (Å²) in [4.78, 5) is 4.61. The first kappa shape index (κ1) is 13.3. The van der Waals surface area contributed by atoms with Crippen molar-refractivity contribution in [2.45, 2.75) is 6.42 Å². The van der Waals surface area contributed by atoms with Crippen LogP contribution < -0.4 is 5.73 Å². The molecule has 1 aromatic carbocycles. The third-order valence-electron chi connectivity index (χ3n) is 3.15. The van der Waals surface area contributed by atoms with Gasteiger partial charge in [0.2, 0.25) is 0 Å². The van der Waals surface area contributed by atoms with Gasteiger partial charge >= 0.3 is 0 Å². The summed E-state index contributed by atoms with van der Waals surface area (Å²) in [7, 11) is 0. The van der Waals surface area contributed by atoms with Crippen LogP contribution in [0.25, 0.3) is 16.9 Å². The third-order valence-corrected chi connectivity index (χ3v) is 3.62. The van der Waals surface area contributed by atoms with Crippen molar-refractivity contribution in [3.8, 4) is 11.3 Å². The maximum absolute atomic E-state index is 13.1. The Hall–Kier alpha value is -1.72. The van der Waals surface area contributed by atoms with Gasteiger partial charge in [-0.25, -0.2) is 9.37 Å². The highest BCUT2D eigenvalue weighted by atomic mass is 79.9. The van der Waals surface area contributed by atoms with Gasteiger partial charge in [-0.3, -0.25) is 4.40 Å². The first-order chi connectivity index (χ1) is 9.69. The number of aromatic nitrogens is 2. The summed E-state index contributed by atoms with van der Waals surface area (Å²) in [6, 6.07) is 10.3. The fourth-order valence-corrected chi connectivity index (χ4v) is 2.63. The SMILES string of the molecule is NCCc1nc2ccc(Br)cn2c1-c1ccc(F)cc1. The van der Waals surface area contributed by atoms with Gasteiger partial charge in [0, 0.05) is 22.7 Å². The molecule has 2 heterocycles. The molecule has 102 valence electrons. The van der Waals surface area contributed by atoms with Crippen molar-refractivity contribution in [2.75, 3.05) is 6.54 Å². The van der Waals surface area contributed by atoms with Crippen molar-refractivity contribution in [3.63, 3.8) is 0 Å². The Morgan fingerprint density at radius 3 is 2.60 bits per heavy atom. The highest BCUT2D eigenvalue weighted by Gasteiger charge is 2.13. The lowest BCUT2D eigenvalue weighted by Crippen LogP contribution is -2.04. The number of benzene rings is 1. The molecule has 0 aliphatic rings. The van der Waals surface area contributed by atoms with Crippen LogP contribution in [0.5, 0.6) is 0 Å². The van der Waals surface area contributed by atoms with Crippen LogP contribution in [-0.4, -0.2) is 15.9 Å². The van der Waals surface area contributed by atoms with Crippen LogP contribution in [-0.2, 0) is 6.42 Å². The number of nitrogens with zero attached hydrogens (tertiary/aromatic N) is 2. The van der Waals surface area contributed by atoms with E-state index in [2.05, 4.69) is 20.9 Å². The van der Waals surface area contributed by atoms with Gasteiger partial charge in [-0.1, -0.05) is 0 Å². The maximum Gasteiger partial charge on any atom is 0.137 e. The van der Waals surface area contributed by atoms with E-state index in [1.54, 1.807) is 12.1 Å². The van der Waals surface area contributed by atoms with Gasteiger partial charge in [-0.05, 0) is 58.9 Å². The standard InChI is InChI=1S/C15H13BrFN3/c16-11-3-6-14-19-13(7-8-18)15(20(14)9-11)10-1-4-12(17)5-2-10/h1-6,9H,7-8,18H2. The largest absolute Gasteiger partial charge is 0.330 e. The normalized spacial score (nSPS) is 11.2. The Bertz CT molecular complexity index is 750. The average Bonchev–Trinajstić information content (AvgIpc) is 2.78. The van der Waals surface area contributed by atoms with Gasteiger partial charge in [0.25, 0.3) is 0 Å². The molecule has 2 N–H and O–H groups in total. The Balaban J connectivity index is 2.27. The van der Waals surface area contributed by atoms with Crippen LogP contribution >= 0.6 is 15.9 Å². The number of halogens is 2. The highest BCUT2D eigenvalue weighted by Crippen LogP contribution is 2.27. The minimum absolute atomic E-state index is 0.246. The zero-order valence-corrected chi connectivity index (χ0v) is 12.3. The zero-order chi connectivity index (χ0) is 14.1. The molecular formula is C15H13BrFN3. The number of rotatable bonds is 3. The third kappa shape index (κ3) is 2.34. The molecule has 0 radical (unpaired) electrons. The summed E-state index contributed by atoms with van der Waals surface area (Å²) in [5.41, 5.74) is 9.35. The molecule has 0 aliphatic carbocycles. The van der Waals surface area contributed by atoms with E-state index in [0.29, 0.717) is 13.0 Å². The van der Waals surface area contributed by atoms with Crippen molar-refractivity contribution in [1.29, 1.82) is 0 Å². The predicted molar refractivity (Wildman–Crippen MR) is 81.0 cm³/mol. The highest BCUT2D eigenvalue weighted by molar-refractivity contribution is 9.10. The van der Waals surface area contributed by atoms with E-state index in [9.17, 15) is 4.39 Å². The van der Waals surface area contributed by atoms with Gasteiger partial charge in [-0.15, -0.1) is 0 Å². The van der Waals surface area contributed by atoms with E-state index in [1.165, 1.54) is 12.1 Å². The summed E-state index contributed by atoms with van der Waals surface area (Å²) in [5.74, 6) is -0.246. The molecule has 0 aliphatic heterocycles. The number of nitrogens with two attached hydrogens (primary N) is 1. The van der Waals surface area contributed by atoms with Gasteiger partial charge in [0.1, 0.15) is 11.5 Å². The minimum atomic E-state index is -0.246. The monoisotopic (exact) mass is 333 g/mol. The maximum atomic E-state index is 13.1. The molecule has 3 nitrogen and oxygen atoms in total. The number of imidazole rings is 1. The second kappa shape index (κ2) is 5.34. The van der Waals surface area contributed by atoms with Crippen LogP contribution in [0, 0.1) is 5.82 Å². The average molecular weight is 334 g/mol. The van der Waals surface area contributed by atoms with Crippen LogP contribution in [0.3, 0.4) is 0 Å². The summed E-state index contributed by atoms with van der Waals surface area (Å²) in [5, 5.41) is 0. The fraction of sp³-hybridized carbons (Fsp3) is 0.133. The van der Waals surface area contributed by atoms with Crippen LogP contribution in [0.15, 0.2) is 47.1 Å². The lowest BCUT2D eigenvalue weighted by Gasteiger charge is -2.05. The molecule has 2 aromatic heterocycles. The van der Waals surface area contributed by atoms with E-state index in [0.717, 1.165) is 27.1 Å². The summed E-state index contributed by atoms with van der Waals surface area (Å²) in [6.45, 7) is 0.527. The quantitative estimate of drug-likeness (QED) is 0.798. The molecule has 3 rings (SSSR count). The minimum Gasteiger partial charge on any atom is -0.330 e. The second-order valence-corrected chi connectivity index (χ2v) is 5.44. The first-order valence-corrected chi connectivity index (χ1v) is 7.11. The molecule has 20 heavy (non-hydrogen) atoms. The topological polar surface area (TPSA) is 43.3 Å². The molecule has 0 spiro atoms. The first-order valence-electron chi connectivity index (χ1n) is 6.31. The Kier molecular flexibility index (Phi) is 3.54. The molecule has 0 saturated heterocycles. The van der Waals surface area contributed by atoms with E-state index in [1.807, 2.05) is 22.7 Å². The molecule has 0 bridgehead atoms. The van der Waals surface area contributed by atoms with Crippen LogP contribution in [0.1, 0.15) is 5.69 Å². The molecule has 0 unspecified atom stereocenters. The Morgan fingerprint density at radius 2 is 1.90 bits per heavy atom. The van der Waals surface area contributed by atoms with Crippen molar-refractivity contribution in [2.24, 2.45) is 5.73 Å². The lowest BCUT2D eigenvalue weighted by molar-refractivity contribution is 0.628. The molecule has 0 amide bonds. The number of hydrogen-bond acceptors (Lipinski definition) is 2. The molecular weight excluding hydrogens is 321 g/mol. The number of pyridine rings is 1. The van der Waals surface area contributed by atoms with Crippen LogP contribution in [0.2, 0.25) is 0 Å². The van der Waals surface area contributed by atoms with E-state index in [-0.39, 0.29) is 5.82 Å². The zero-order valence-electron chi connectivity index (χ0n) is 10.7. The van der Waals surface area contributed by atoms with Crippen molar-refractivity contribution in [3.05, 3.63) is 58.6 Å². The summed E-state index contributed by atoms with van der Waals surface area (Å²) in [6.07, 6.45) is 2.65. The Labute approximate surface area is 124 Å². The van der Waals surface area contributed by atoms with Gasteiger partial charge in [-0.2, -0.15) is 0 Å². The number of fused-ring (bicyclic) bond motifs is 1. The molecule has 0 fully saturated rings. The van der Waals surface area contributed by atoms with Crippen molar-refractivity contribution >= 4 is 21.6 Å². The fourth-order valence-electron chi connectivity index (χ4n) is 2.29. The van der Waals surface area contributed by atoms with Gasteiger partial charge in [0.05, 0.1) is 11.4 Å². The number of hydrogen-bond donors (Lipinski definition) is 1. The van der Waals surface area contributed by atoms with Crippen molar-refractivity contribution < 1.29 is 4.39 Å². The lowest BCUT2D eigenvalue weighted by atomic mass is 10.1. The van der Waals surface area contributed by atoms with E-state index < -0.39 is 0 Å². The predicted octanol–water partition coefficient (Wildman–Crippen LogP) is 3.40. The molecule has 0 saturated carbocycles. The second-order valence-electron chi connectivity index (χ2n) is 4.53. The van der Waals surface area contributed by atoms with E-state index in [4.69, 9.17) is 5.73 Å². The Morgan fingerprint density at radius 1 is 1.15 bits per heavy atom. The summed E-state index contributed by atoms with van der Waals surface area (Å²) < 4.78 is 16.1. The molecule has 3 aromatic rings. The summed E-state index contributed by atoms with van der Waals surface area (Å²) >= 11 is 3.47. The molecule has 0 atom stereocenters. The van der Waals surface area contributed by atoms with E-state index >= 15 is 0 Å². The smallest absolute Gasteiger partial charge is 0.137 e. The van der Waals surface area contributed by atoms with Gasteiger partial charge in [0.15, 0.2) is 0 Å².